The highest BCUT2D eigenvalue weighted by Gasteiger charge is 2.30. The molecule has 0 bridgehead atoms. The largest absolute Gasteiger partial charge is 0.486 e. The molecule has 35 heavy (non-hydrogen) atoms. The first kappa shape index (κ1) is 26.3. The summed E-state index contributed by atoms with van der Waals surface area (Å²) >= 11 is 1.36. The summed E-state index contributed by atoms with van der Waals surface area (Å²) in [6, 6.07) is 8.44. The minimum Gasteiger partial charge on any atom is -0.486 e. The average Bonchev–Trinajstić information content (AvgIpc) is 3.29. The fourth-order valence-electron chi connectivity index (χ4n) is 3.24. The Bertz CT molecular complexity index is 1170. The molecule has 3 rings (SSSR count). The Morgan fingerprint density at radius 1 is 1.14 bits per heavy atom. The van der Waals surface area contributed by atoms with E-state index in [2.05, 4.69) is 11.9 Å². The monoisotopic (exact) mass is 505 g/mol. The quantitative estimate of drug-likeness (QED) is 0.275. The molecule has 0 saturated heterocycles. The Kier molecular flexibility index (Phi) is 8.92. The molecule has 5 nitrogen and oxygen atoms in total. The fourth-order valence-corrected chi connectivity index (χ4v) is 3.95. The van der Waals surface area contributed by atoms with Gasteiger partial charge in [0.1, 0.15) is 23.1 Å². The van der Waals surface area contributed by atoms with Crippen molar-refractivity contribution in [2.24, 2.45) is 0 Å². The van der Waals surface area contributed by atoms with Gasteiger partial charge in [-0.05, 0) is 43.2 Å². The van der Waals surface area contributed by atoms with E-state index in [1.807, 2.05) is 12.2 Å². The number of carbonyl (C=O) groups is 1. The van der Waals surface area contributed by atoms with Crippen LogP contribution in [0, 0.1) is 6.92 Å². The average molecular weight is 506 g/mol. The van der Waals surface area contributed by atoms with Crippen molar-refractivity contribution in [3.8, 4) is 22.8 Å². The summed E-state index contributed by atoms with van der Waals surface area (Å²) in [5.74, 6) is 0.00955. The first-order valence-corrected chi connectivity index (χ1v) is 12.0. The maximum absolute atomic E-state index is 12.8. The predicted octanol–water partition coefficient (Wildman–Crippen LogP) is 7.38. The molecule has 0 saturated carbocycles. The van der Waals surface area contributed by atoms with Crippen molar-refractivity contribution in [2.45, 2.75) is 45.9 Å². The van der Waals surface area contributed by atoms with E-state index >= 15 is 0 Å². The first-order valence-electron chi connectivity index (χ1n) is 11.1. The molecule has 2 aromatic carbocycles. The lowest BCUT2D eigenvalue weighted by atomic mass is 10.1. The summed E-state index contributed by atoms with van der Waals surface area (Å²) < 4.78 is 49.8. The number of nitrogens with zero attached hydrogens (tertiary/aromatic N) is 1. The summed E-state index contributed by atoms with van der Waals surface area (Å²) in [5.41, 5.74) is 1.96. The maximum Gasteiger partial charge on any atom is 0.416 e. The van der Waals surface area contributed by atoms with Crippen LogP contribution in [0.2, 0.25) is 0 Å². The molecular formula is C26H26F3NO4S. The Balaban J connectivity index is 1.75. The van der Waals surface area contributed by atoms with Gasteiger partial charge < -0.3 is 14.6 Å². The molecule has 186 valence electrons. The highest BCUT2D eigenvalue weighted by Crippen LogP contribution is 2.33. The second-order valence-electron chi connectivity index (χ2n) is 7.87. The van der Waals surface area contributed by atoms with Gasteiger partial charge in [0.25, 0.3) is 0 Å². The molecule has 3 aromatic rings. The molecule has 0 atom stereocenters. The predicted molar refractivity (Wildman–Crippen MR) is 130 cm³/mol. The lowest BCUT2D eigenvalue weighted by Crippen LogP contribution is -2.10. The van der Waals surface area contributed by atoms with E-state index < -0.39 is 24.3 Å². The van der Waals surface area contributed by atoms with Crippen LogP contribution in [0.25, 0.3) is 17.3 Å². The number of aromatic nitrogens is 1. The van der Waals surface area contributed by atoms with Gasteiger partial charge in [0.05, 0.1) is 11.3 Å². The van der Waals surface area contributed by atoms with Crippen molar-refractivity contribution >= 4 is 23.4 Å². The Morgan fingerprint density at radius 2 is 1.89 bits per heavy atom. The Morgan fingerprint density at radius 3 is 2.54 bits per heavy atom. The van der Waals surface area contributed by atoms with E-state index in [0.29, 0.717) is 27.8 Å². The number of ether oxygens (including phenoxy) is 2. The van der Waals surface area contributed by atoms with Gasteiger partial charge in [0.15, 0.2) is 6.61 Å². The van der Waals surface area contributed by atoms with Crippen molar-refractivity contribution in [3.63, 3.8) is 0 Å². The molecule has 0 radical (unpaired) electrons. The second kappa shape index (κ2) is 11.9. The summed E-state index contributed by atoms with van der Waals surface area (Å²) in [4.78, 5) is 15.4. The van der Waals surface area contributed by atoms with Crippen LogP contribution in [0.4, 0.5) is 13.2 Å². The minimum absolute atomic E-state index is 0.176. The number of carboxylic acids is 1. The van der Waals surface area contributed by atoms with E-state index in [0.717, 1.165) is 42.5 Å². The third-order valence-electron chi connectivity index (χ3n) is 5.09. The number of hydrogen-bond acceptors (Lipinski definition) is 5. The van der Waals surface area contributed by atoms with Crippen LogP contribution in [-0.2, 0) is 17.6 Å². The van der Waals surface area contributed by atoms with Crippen LogP contribution < -0.4 is 9.47 Å². The van der Waals surface area contributed by atoms with Gasteiger partial charge in [-0.3, -0.25) is 0 Å². The van der Waals surface area contributed by atoms with Gasteiger partial charge in [-0.1, -0.05) is 44.1 Å². The minimum atomic E-state index is -4.38. The van der Waals surface area contributed by atoms with E-state index in [1.54, 1.807) is 24.4 Å². The molecule has 1 aromatic heterocycles. The molecule has 1 heterocycles. The number of benzene rings is 2. The van der Waals surface area contributed by atoms with Crippen molar-refractivity contribution in [1.82, 2.24) is 4.98 Å². The number of hydrogen-bond donors (Lipinski definition) is 1. The molecule has 0 amide bonds. The van der Waals surface area contributed by atoms with Crippen molar-refractivity contribution in [1.29, 1.82) is 0 Å². The number of alkyl halides is 3. The number of unbranched alkanes of at least 4 members (excludes halogenated alkanes) is 2. The van der Waals surface area contributed by atoms with E-state index in [9.17, 15) is 18.0 Å². The van der Waals surface area contributed by atoms with Crippen LogP contribution in [0.5, 0.6) is 11.5 Å². The number of halogens is 3. The van der Waals surface area contributed by atoms with Crippen molar-refractivity contribution < 1.29 is 32.5 Å². The molecule has 0 unspecified atom stereocenters. The van der Waals surface area contributed by atoms with E-state index in [4.69, 9.17) is 14.6 Å². The molecule has 0 aliphatic heterocycles. The second-order valence-corrected chi connectivity index (χ2v) is 8.82. The number of aliphatic carboxylic acids is 1. The summed E-state index contributed by atoms with van der Waals surface area (Å²) in [7, 11) is 0. The van der Waals surface area contributed by atoms with Gasteiger partial charge in [-0.2, -0.15) is 13.2 Å². The number of carboxylic acid groups (broad SMARTS) is 1. The normalized spacial score (nSPS) is 11.7. The SMILES string of the molecule is CCCCC=Cc1cc(OCC(=O)O)c(C)cc1OCc1nc(-c2ccc(C(F)(F)F)cc2)cs1. The zero-order valence-electron chi connectivity index (χ0n) is 19.4. The third-order valence-corrected chi connectivity index (χ3v) is 5.91. The highest BCUT2D eigenvalue weighted by molar-refractivity contribution is 7.09. The molecule has 0 aliphatic carbocycles. The summed E-state index contributed by atoms with van der Waals surface area (Å²) in [5, 5.41) is 11.4. The number of aryl methyl sites for hydroxylation is 1. The zero-order valence-corrected chi connectivity index (χ0v) is 20.2. The highest BCUT2D eigenvalue weighted by atomic mass is 32.1. The van der Waals surface area contributed by atoms with Gasteiger partial charge >= 0.3 is 12.1 Å². The van der Waals surface area contributed by atoms with Crippen LogP contribution in [0.15, 0.2) is 47.9 Å². The first-order chi connectivity index (χ1) is 16.7. The Hall–Kier alpha value is -3.33. The molecule has 0 aliphatic rings. The molecule has 0 fully saturated rings. The van der Waals surface area contributed by atoms with Crippen LogP contribution in [0.1, 0.15) is 47.9 Å². The lowest BCUT2D eigenvalue weighted by Gasteiger charge is -2.13. The van der Waals surface area contributed by atoms with Crippen molar-refractivity contribution in [2.75, 3.05) is 6.61 Å². The molecule has 0 spiro atoms. The van der Waals surface area contributed by atoms with Crippen LogP contribution >= 0.6 is 11.3 Å². The molecular weight excluding hydrogens is 479 g/mol. The number of thiazole rings is 1. The Labute approximate surface area is 205 Å². The van der Waals surface area contributed by atoms with Gasteiger partial charge in [-0.15, -0.1) is 11.3 Å². The molecule has 1 N–H and O–H groups in total. The van der Waals surface area contributed by atoms with Gasteiger partial charge in [-0.25, -0.2) is 9.78 Å². The molecule has 9 heteroatoms. The van der Waals surface area contributed by atoms with Crippen molar-refractivity contribution in [3.05, 3.63) is 69.6 Å². The standard InChI is InChI=1S/C26H26F3NO4S/c1-3-4-5-6-7-19-13-22(34-15-25(31)32)17(2)12-23(19)33-14-24-30-21(16-35-24)18-8-10-20(11-9-18)26(27,28)29/h6-13,16H,3-5,14-15H2,1-2H3,(H,31,32). The smallest absolute Gasteiger partial charge is 0.416 e. The maximum atomic E-state index is 12.8. The topological polar surface area (TPSA) is 68.7 Å². The number of rotatable bonds is 11. The summed E-state index contributed by atoms with van der Waals surface area (Å²) in [6.07, 6.45) is 2.60. The summed E-state index contributed by atoms with van der Waals surface area (Å²) in [6.45, 7) is 3.65. The van der Waals surface area contributed by atoms with Gasteiger partial charge in [0.2, 0.25) is 0 Å². The van der Waals surface area contributed by atoms with E-state index in [1.165, 1.54) is 23.5 Å². The van der Waals surface area contributed by atoms with Crippen LogP contribution in [0.3, 0.4) is 0 Å². The zero-order chi connectivity index (χ0) is 25.4. The van der Waals surface area contributed by atoms with Gasteiger partial charge in [0, 0.05) is 16.5 Å². The fraction of sp³-hybridized carbons (Fsp3) is 0.308. The lowest BCUT2D eigenvalue weighted by molar-refractivity contribution is -0.139. The third kappa shape index (κ3) is 7.58. The van der Waals surface area contributed by atoms with E-state index in [-0.39, 0.29) is 6.61 Å². The van der Waals surface area contributed by atoms with Crippen LogP contribution in [-0.4, -0.2) is 22.7 Å². The number of allylic oxidation sites excluding steroid dienone is 1.